The average molecular weight is 374 g/mol. The molecule has 0 aliphatic heterocycles. The summed E-state index contributed by atoms with van der Waals surface area (Å²) in [6.07, 6.45) is 10.8. The van der Waals surface area contributed by atoms with Crippen molar-refractivity contribution < 1.29 is 14.2 Å². The standard InChI is InChI=1S/C21H32BO3P/c1-4-18-17-6-5-14-11-15(23)7-10-21(14,3)19(17)8-9-20(18,2)12-16(24)13-25-22-26/h8,11,17-18,22H,4-7,9-10,12-13,26H2,1-3H3/t17-,18-,20+,21-/m0/s1. The molecule has 3 aliphatic carbocycles. The zero-order chi connectivity index (χ0) is 18.9. The van der Waals surface area contributed by atoms with Crippen molar-refractivity contribution in [2.75, 3.05) is 6.61 Å². The highest BCUT2D eigenvalue weighted by Crippen LogP contribution is 2.60. The number of fused-ring (bicyclic) bond motifs is 3. The number of allylic oxidation sites excluding steroid dienone is 4. The number of rotatable bonds is 6. The van der Waals surface area contributed by atoms with E-state index in [0.29, 0.717) is 37.7 Å². The molecule has 0 bridgehead atoms. The molecule has 0 aromatic heterocycles. The number of hydrogen-bond acceptors (Lipinski definition) is 3. The van der Waals surface area contributed by atoms with Crippen molar-refractivity contribution in [2.45, 2.75) is 65.7 Å². The first kappa shape index (κ1) is 20.0. The van der Waals surface area contributed by atoms with Crippen LogP contribution in [0.25, 0.3) is 0 Å². The van der Waals surface area contributed by atoms with Gasteiger partial charge >= 0.3 is 0 Å². The Kier molecular flexibility index (Phi) is 5.94. The van der Waals surface area contributed by atoms with E-state index in [0.717, 1.165) is 32.1 Å². The van der Waals surface area contributed by atoms with Gasteiger partial charge in [0.2, 0.25) is 0 Å². The Bertz CT molecular complexity index is 656. The minimum Gasteiger partial charge on any atom is -0.428 e. The molecule has 1 unspecified atom stereocenters. The smallest absolute Gasteiger partial charge is 0.297 e. The largest absolute Gasteiger partial charge is 0.428 e. The SMILES string of the molecule is CC[C@H]1[C@@H]2CCC3=CC(=O)CC[C@]3(C)C2=CC[C@]1(C)CC(=O)COBP. The minimum atomic E-state index is 0.0201. The third-order valence-corrected chi connectivity index (χ3v) is 7.50. The van der Waals surface area contributed by atoms with Gasteiger partial charge in [-0.05, 0) is 49.0 Å². The van der Waals surface area contributed by atoms with Crippen molar-refractivity contribution in [3.8, 4) is 0 Å². The Labute approximate surface area is 160 Å². The fourth-order valence-electron chi connectivity index (χ4n) is 5.94. The summed E-state index contributed by atoms with van der Waals surface area (Å²) in [6.45, 7) is 7.14. The predicted molar refractivity (Wildman–Crippen MR) is 110 cm³/mol. The lowest BCUT2D eigenvalue weighted by atomic mass is 9.50. The minimum absolute atomic E-state index is 0.0201. The molecule has 142 valence electrons. The Morgan fingerprint density at radius 1 is 1.38 bits per heavy atom. The Hall–Kier alpha value is -0.725. The maximum absolute atomic E-state index is 12.4. The molecule has 0 aromatic carbocycles. The first-order chi connectivity index (χ1) is 12.3. The van der Waals surface area contributed by atoms with Crippen LogP contribution in [-0.2, 0) is 14.2 Å². The van der Waals surface area contributed by atoms with Crippen LogP contribution < -0.4 is 0 Å². The number of hydrogen-bond donors (Lipinski definition) is 0. The van der Waals surface area contributed by atoms with Crippen molar-refractivity contribution in [2.24, 2.45) is 22.7 Å². The van der Waals surface area contributed by atoms with Gasteiger partial charge < -0.3 is 4.65 Å². The Morgan fingerprint density at radius 3 is 2.85 bits per heavy atom. The first-order valence-corrected chi connectivity index (χ1v) is 10.9. The van der Waals surface area contributed by atoms with Gasteiger partial charge in [-0.25, -0.2) is 0 Å². The summed E-state index contributed by atoms with van der Waals surface area (Å²) in [4.78, 5) is 24.3. The molecular weight excluding hydrogens is 342 g/mol. The van der Waals surface area contributed by atoms with Crippen LogP contribution in [0.3, 0.4) is 0 Å². The number of Topliss-reactive ketones (excluding diaryl/α,β-unsaturated/α-hetero) is 1. The molecule has 3 aliphatic rings. The van der Waals surface area contributed by atoms with Crippen molar-refractivity contribution in [1.29, 1.82) is 0 Å². The van der Waals surface area contributed by atoms with Gasteiger partial charge in [-0.1, -0.05) is 44.4 Å². The molecule has 0 heterocycles. The van der Waals surface area contributed by atoms with Crippen molar-refractivity contribution in [3.63, 3.8) is 0 Å². The van der Waals surface area contributed by atoms with Gasteiger partial charge in [-0.2, -0.15) is 0 Å². The molecule has 3 rings (SSSR count). The summed E-state index contributed by atoms with van der Waals surface area (Å²) in [7, 11) is 3.02. The molecule has 0 aromatic rings. The molecule has 0 spiro atoms. The van der Waals surface area contributed by atoms with Crippen LogP contribution in [0.15, 0.2) is 23.3 Å². The van der Waals surface area contributed by atoms with E-state index in [1.165, 1.54) is 5.57 Å². The van der Waals surface area contributed by atoms with E-state index in [1.807, 2.05) is 6.08 Å². The molecule has 0 amide bonds. The van der Waals surface area contributed by atoms with Crippen molar-refractivity contribution in [1.82, 2.24) is 0 Å². The monoisotopic (exact) mass is 374 g/mol. The summed E-state index contributed by atoms with van der Waals surface area (Å²) in [5.41, 5.74) is 2.99. The van der Waals surface area contributed by atoms with Gasteiger partial charge in [-0.3, -0.25) is 9.59 Å². The molecule has 5 atom stereocenters. The van der Waals surface area contributed by atoms with E-state index in [2.05, 4.69) is 36.0 Å². The molecular formula is C21H32BO3P. The third-order valence-electron chi connectivity index (χ3n) is 7.27. The highest BCUT2D eigenvalue weighted by atomic mass is 31.0. The van der Waals surface area contributed by atoms with Crippen LogP contribution in [0.2, 0.25) is 0 Å². The van der Waals surface area contributed by atoms with E-state index in [-0.39, 0.29) is 23.2 Å². The topological polar surface area (TPSA) is 43.4 Å². The van der Waals surface area contributed by atoms with Crippen LogP contribution in [-0.4, -0.2) is 25.4 Å². The lowest BCUT2D eigenvalue weighted by Gasteiger charge is -2.54. The van der Waals surface area contributed by atoms with Crippen LogP contribution >= 0.6 is 9.12 Å². The summed E-state index contributed by atoms with van der Waals surface area (Å²) < 4.78 is 5.31. The molecule has 5 heteroatoms. The van der Waals surface area contributed by atoms with Gasteiger partial charge in [0.25, 0.3) is 7.20 Å². The van der Waals surface area contributed by atoms with Crippen LogP contribution in [0, 0.1) is 22.7 Å². The maximum Gasteiger partial charge on any atom is 0.297 e. The summed E-state index contributed by atoms with van der Waals surface area (Å²) in [5.74, 6) is 1.59. The Balaban J connectivity index is 1.88. The van der Waals surface area contributed by atoms with Gasteiger partial charge in [0.1, 0.15) is 0 Å². The molecule has 0 saturated heterocycles. The van der Waals surface area contributed by atoms with E-state index < -0.39 is 0 Å². The second-order valence-electron chi connectivity index (χ2n) is 8.88. The Morgan fingerprint density at radius 2 is 2.15 bits per heavy atom. The molecule has 0 radical (unpaired) electrons. The molecule has 26 heavy (non-hydrogen) atoms. The van der Waals surface area contributed by atoms with E-state index in [1.54, 1.807) is 5.57 Å². The van der Waals surface area contributed by atoms with Gasteiger partial charge in [-0.15, -0.1) is 9.12 Å². The summed E-state index contributed by atoms with van der Waals surface area (Å²) in [6, 6.07) is 0. The third kappa shape index (κ3) is 3.52. The van der Waals surface area contributed by atoms with Gasteiger partial charge in [0.05, 0.1) is 6.61 Å². The van der Waals surface area contributed by atoms with Gasteiger partial charge in [0, 0.05) is 18.3 Å². The maximum atomic E-state index is 12.4. The number of carbonyl (C=O) groups is 2. The fourth-order valence-corrected chi connectivity index (χ4v) is 6.06. The van der Waals surface area contributed by atoms with Crippen molar-refractivity contribution >= 4 is 27.9 Å². The highest BCUT2D eigenvalue weighted by Gasteiger charge is 2.50. The van der Waals surface area contributed by atoms with E-state index in [9.17, 15) is 9.59 Å². The fraction of sp³-hybridized carbons (Fsp3) is 0.714. The zero-order valence-corrected chi connectivity index (χ0v) is 17.6. The number of ketones is 2. The van der Waals surface area contributed by atoms with Crippen LogP contribution in [0.4, 0.5) is 0 Å². The first-order valence-electron chi connectivity index (χ1n) is 10.1. The normalized spacial score (nSPS) is 36.5. The highest BCUT2D eigenvalue weighted by molar-refractivity contribution is 7.54. The predicted octanol–water partition coefficient (Wildman–Crippen LogP) is 4.17. The quantitative estimate of drug-likeness (QED) is 0.398. The molecule has 1 fully saturated rings. The summed E-state index contributed by atoms with van der Waals surface area (Å²) in [5, 5.41) is 0. The second kappa shape index (κ2) is 7.72. The summed E-state index contributed by atoms with van der Waals surface area (Å²) >= 11 is 0. The van der Waals surface area contributed by atoms with E-state index in [4.69, 9.17) is 4.65 Å². The molecule has 3 nitrogen and oxygen atoms in total. The van der Waals surface area contributed by atoms with Gasteiger partial charge in [0.15, 0.2) is 11.6 Å². The van der Waals surface area contributed by atoms with Crippen LogP contribution in [0.5, 0.6) is 0 Å². The molecule has 0 N–H and O–H groups in total. The van der Waals surface area contributed by atoms with Crippen LogP contribution in [0.1, 0.15) is 65.7 Å². The lowest BCUT2D eigenvalue weighted by Crippen LogP contribution is -2.45. The zero-order valence-electron chi connectivity index (χ0n) is 16.5. The lowest BCUT2D eigenvalue weighted by molar-refractivity contribution is -0.124. The van der Waals surface area contributed by atoms with Crippen molar-refractivity contribution in [3.05, 3.63) is 23.3 Å². The molecule has 1 saturated carbocycles. The van der Waals surface area contributed by atoms with E-state index >= 15 is 0 Å². The second-order valence-corrected chi connectivity index (χ2v) is 9.21. The average Bonchev–Trinajstić information content (AvgIpc) is 2.60. The number of carbonyl (C=O) groups excluding carboxylic acids is 2.